The highest BCUT2D eigenvalue weighted by molar-refractivity contribution is 6.88. The number of aryl methyl sites for hydroxylation is 22. The monoisotopic (exact) mass is 1440 g/mol. The largest absolute Gasteiger partial charge is 0.0775 e. The Kier molecular flexibility index (Phi) is 35.5. The molecular weight excluding hydrogens is 1310 g/mol. The van der Waals surface area contributed by atoms with Gasteiger partial charge in [-0.05, 0) is 263 Å². The van der Waals surface area contributed by atoms with Gasteiger partial charge in [-0.15, -0.1) is 0 Å². The summed E-state index contributed by atoms with van der Waals surface area (Å²) < 4.78 is 0. The maximum atomic E-state index is 2.37. The van der Waals surface area contributed by atoms with Gasteiger partial charge in [-0.2, -0.15) is 0 Å². The van der Waals surface area contributed by atoms with Crippen molar-refractivity contribution in [1.82, 2.24) is 0 Å². The van der Waals surface area contributed by atoms with Crippen molar-refractivity contribution in [1.29, 1.82) is 0 Å². The van der Waals surface area contributed by atoms with Crippen LogP contribution in [0, 0.1) is 152 Å². The second kappa shape index (κ2) is 43.2. The molecule has 0 atom stereocenters. The predicted octanol–water partition coefficient (Wildman–Crippen LogP) is 30.5. The summed E-state index contributed by atoms with van der Waals surface area (Å²) in [5.74, 6) is 0. The van der Waals surface area contributed by atoms with Crippen LogP contribution in [0.5, 0.6) is 0 Å². The molecule has 0 aliphatic rings. The molecule has 13 aromatic carbocycles. The van der Waals surface area contributed by atoms with Gasteiger partial charge < -0.3 is 0 Å². The Morgan fingerprint density at radius 1 is 0.176 bits per heavy atom. The summed E-state index contributed by atoms with van der Waals surface area (Å²) in [4.78, 5) is 0. The van der Waals surface area contributed by atoms with Crippen molar-refractivity contribution in [3.63, 3.8) is 0 Å². The molecule has 0 nitrogen and oxygen atoms in total. The lowest BCUT2D eigenvalue weighted by molar-refractivity contribution is 0.590. The fourth-order valence-corrected chi connectivity index (χ4v) is 13.8. The Bertz CT molecular complexity index is 4690. The van der Waals surface area contributed by atoms with E-state index in [2.05, 4.69) is 466 Å². The van der Waals surface area contributed by atoms with Gasteiger partial charge in [-0.25, -0.2) is 0 Å². The van der Waals surface area contributed by atoms with E-state index in [1.54, 1.807) is 5.19 Å². The van der Waals surface area contributed by atoms with E-state index in [0.29, 0.717) is 0 Å². The first kappa shape index (κ1) is 88.7. The quantitative estimate of drug-likeness (QED) is 0.151. The molecule has 13 aromatic rings. The zero-order valence-electron chi connectivity index (χ0n) is 71.6. The number of hydrogen-bond donors (Lipinski definition) is 0. The van der Waals surface area contributed by atoms with E-state index >= 15 is 0 Å². The predicted molar refractivity (Wildman–Crippen MR) is 486 cm³/mol. The van der Waals surface area contributed by atoms with Crippen LogP contribution in [-0.2, 0) is 5.41 Å². The molecule has 562 valence electrons. The van der Waals surface area contributed by atoms with Gasteiger partial charge in [0, 0.05) is 0 Å². The molecule has 0 spiro atoms. The average Bonchev–Trinajstić information content (AvgIpc) is 0.812. The van der Waals surface area contributed by atoms with Gasteiger partial charge in [0.05, 0.1) is 8.07 Å². The first-order valence-corrected chi connectivity index (χ1v) is 42.2. The van der Waals surface area contributed by atoms with Crippen LogP contribution >= 0.6 is 0 Å². The third-order valence-corrected chi connectivity index (χ3v) is 21.4. The first-order chi connectivity index (χ1) is 50.9. The van der Waals surface area contributed by atoms with Gasteiger partial charge >= 0.3 is 0 Å². The summed E-state index contributed by atoms with van der Waals surface area (Å²) in [6.45, 7) is 61.0. The third kappa shape index (κ3) is 31.1. The van der Waals surface area contributed by atoms with E-state index in [4.69, 9.17) is 0 Å². The summed E-state index contributed by atoms with van der Waals surface area (Å²) in [6, 6.07) is 99.9. The van der Waals surface area contributed by atoms with Gasteiger partial charge in [0.1, 0.15) is 0 Å². The second-order valence-electron chi connectivity index (χ2n) is 32.3. The van der Waals surface area contributed by atoms with E-state index in [1.165, 1.54) is 172 Å². The van der Waals surface area contributed by atoms with Crippen LogP contribution in [0.1, 0.15) is 149 Å². The molecule has 0 radical (unpaired) electrons. The molecule has 0 N–H and O–H groups in total. The lowest BCUT2D eigenvalue weighted by atomic mass is 9.87. The molecule has 13 rings (SSSR count). The summed E-state index contributed by atoms with van der Waals surface area (Å²) in [5, 5.41) is 1.54. The Morgan fingerprint density at radius 2 is 0.472 bits per heavy atom. The lowest BCUT2D eigenvalue weighted by Crippen LogP contribution is -2.37. The molecule has 0 fully saturated rings. The van der Waals surface area contributed by atoms with Crippen LogP contribution in [0.15, 0.2) is 279 Å². The van der Waals surface area contributed by atoms with Crippen LogP contribution < -0.4 is 5.19 Å². The highest BCUT2D eigenvalue weighted by Crippen LogP contribution is 2.31. The van der Waals surface area contributed by atoms with E-state index in [9.17, 15) is 0 Å². The molecule has 0 saturated carbocycles. The maximum Gasteiger partial charge on any atom is 0.0775 e. The number of benzene rings is 13. The molecule has 0 saturated heterocycles. The van der Waals surface area contributed by atoms with Gasteiger partial charge in [-0.3, -0.25) is 0 Å². The van der Waals surface area contributed by atoms with Crippen molar-refractivity contribution in [2.24, 2.45) is 0 Å². The molecule has 0 aromatic heterocycles. The summed E-state index contributed by atoms with van der Waals surface area (Å²) in [5.41, 5.74) is 41.9. The van der Waals surface area contributed by atoms with Crippen molar-refractivity contribution in [2.45, 2.75) is 198 Å². The maximum absolute atomic E-state index is 2.37. The van der Waals surface area contributed by atoms with Crippen molar-refractivity contribution < 1.29 is 0 Å². The number of hydrogen-bond acceptors (Lipinski definition) is 0. The normalized spacial score (nSPS) is 10.4. The fraction of sp³-hybridized carbons (Fsp3) is 0.271. The van der Waals surface area contributed by atoms with Gasteiger partial charge in [0.25, 0.3) is 0 Å². The van der Waals surface area contributed by atoms with Crippen molar-refractivity contribution in [3.8, 4) is 44.5 Å². The molecule has 0 aliphatic carbocycles. The first-order valence-electron chi connectivity index (χ1n) is 38.7. The van der Waals surface area contributed by atoms with E-state index in [0.717, 1.165) is 0 Å². The topological polar surface area (TPSA) is 0 Å². The summed E-state index contributed by atoms with van der Waals surface area (Å²) in [7, 11) is -1.06. The van der Waals surface area contributed by atoms with Crippen molar-refractivity contribution in [3.05, 3.63) is 407 Å². The minimum atomic E-state index is -1.06. The molecule has 0 heterocycles. The zero-order valence-corrected chi connectivity index (χ0v) is 72.6. The van der Waals surface area contributed by atoms with Crippen molar-refractivity contribution in [2.75, 3.05) is 0 Å². The molecule has 0 amide bonds. The highest BCUT2D eigenvalue weighted by Gasteiger charge is 2.16. The van der Waals surface area contributed by atoms with Gasteiger partial charge in [-0.1, -0.05) is 391 Å². The smallest absolute Gasteiger partial charge is 0.0656 e. The molecular formula is C107H130Si. The SMILES string of the molecule is Cc1cc(C)cc(-c2c(C)cc(C)cc2C)c1.Cc1ccc(-c2c(C)cccc2C)cc1.Cc1ccc(-c2cc(C)cc(C)c2)cc1.Cc1ccc(-c2ccccc2)cc1C.Cc1ccc(C(C)(C)C)cc1.Cc1ccc(C)c(C)c1.Cc1ccc([Si](C)(C)C)cc1.Cc1cccc(C)c1.Cc1ccccc1C. The summed E-state index contributed by atoms with van der Waals surface area (Å²) in [6.07, 6.45) is 0. The van der Waals surface area contributed by atoms with E-state index < -0.39 is 8.07 Å². The van der Waals surface area contributed by atoms with Gasteiger partial charge in [0.15, 0.2) is 0 Å². The van der Waals surface area contributed by atoms with Crippen LogP contribution in [-0.4, -0.2) is 8.07 Å². The van der Waals surface area contributed by atoms with Crippen molar-refractivity contribution >= 4 is 13.3 Å². The minimum absolute atomic E-state index is 0.285. The molecule has 1 heteroatoms. The Labute approximate surface area is 658 Å². The Balaban J connectivity index is 0.000000220. The molecule has 108 heavy (non-hydrogen) atoms. The van der Waals surface area contributed by atoms with Gasteiger partial charge in [0.2, 0.25) is 0 Å². The van der Waals surface area contributed by atoms with Crippen LogP contribution in [0.25, 0.3) is 44.5 Å². The van der Waals surface area contributed by atoms with Crippen LogP contribution in [0.3, 0.4) is 0 Å². The highest BCUT2D eigenvalue weighted by atomic mass is 28.3. The van der Waals surface area contributed by atoms with Crippen LogP contribution in [0.4, 0.5) is 0 Å². The Morgan fingerprint density at radius 3 is 0.861 bits per heavy atom. The summed E-state index contributed by atoms with van der Waals surface area (Å²) >= 11 is 0. The second-order valence-corrected chi connectivity index (χ2v) is 37.3. The van der Waals surface area contributed by atoms with E-state index in [1.807, 2.05) is 6.07 Å². The standard InChI is InChI=1S/C17H20.2C15H16.C14H14.C11H16.C10H16Si.C9H12.2C8H10/c1-11-6-12(2)10-16(9-11)17-14(4)7-13(3)8-15(17)5;1-11-4-6-14(7-5-11)15-9-12(2)8-13(3)10-15;1-11-7-9-14(10-8-11)15-12(2)5-4-6-13(15)3;1-11-8-9-14(10-12(11)2)13-6-4-3-5-7-13;2*1-9-5-7-10(8-6-9)11(2,3)4;1-7-4-5-8(2)9(3)6-7;1-7-4-3-5-8(2)6-7;1-7-5-3-4-6-8(7)2/h6-10H,1-5H3;2*4-10H,1-3H3;3-10H,1-2H3;2*5-8H,1-4H3;4-6H,1-3H3;2*3-6H,1-2H3. The fourth-order valence-electron chi connectivity index (χ4n) is 12.7. The molecule has 0 unspecified atom stereocenters. The third-order valence-electron chi connectivity index (χ3n) is 19.3. The Hall–Kier alpha value is -9.92. The lowest BCUT2D eigenvalue weighted by Gasteiger charge is -2.18. The van der Waals surface area contributed by atoms with Crippen LogP contribution in [0.2, 0.25) is 19.6 Å². The minimum Gasteiger partial charge on any atom is -0.0656 e. The average molecular weight is 1440 g/mol. The molecule has 0 aliphatic heterocycles. The molecule has 0 bridgehead atoms. The number of rotatable bonds is 5. The zero-order chi connectivity index (χ0) is 80.0. The van der Waals surface area contributed by atoms with E-state index in [-0.39, 0.29) is 5.41 Å².